The van der Waals surface area contributed by atoms with Gasteiger partial charge in [-0.15, -0.1) is 11.6 Å². The Labute approximate surface area is 157 Å². The van der Waals surface area contributed by atoms with E-state index in [1.165, 1.54) is 12.4 Å². The molecule has 1 aromatic heterocycles. The third-order valence-corrected chi connectivity index (χ3v) is 5.45. The number of aryl methyl sites for hydroxylation is 1. The molecule has 1 atom stereocenters. The summed E-state index contributed by atoms with van der Waals surface area (Å²) < 4.78 is 21.1. The lowest BCUT2D eigenvalue weighted by molar-refractivity contribution is -0.0345. The lowest BCUT2D eigenvalue weighted by atomic mass is 9.78. The Bertz CT molecular complexity index is 751. The molecule has 2 aromatic rings. The second-order valence-electron chi connectivity index (χ2n) is 6.45. The highest BCUT2D eigenvalue weighted by Gasteiger charge is 2.53. The van der Waals surface area contributed by atoms with Gasteiger partial charge < -0.3 is 10.1 Å². The van der Waals surface area contributed by atoms with E-state index < -0.39 is 10.5 Å². The van der Waals surface area contributed by atoms with Gasteiger partial charge in [-0.3, -0.25) is 4.79 Å². The van der Waals surface area contributed by atoms with Crippen molar-refractivity contribution in [3.05, 3.63) is 59.7 Å². The predicted octanol–water partition coefficient (Wildman–Crippen LogP) is 3.17. The van der Waals surface area contributed by atoms with E-state index in [0.29, 0.717) is 17.0 Å². The van der Waals surface area contributed by atoms with E-state index in [0.717, 1.165) is 0 Å². The van der Waals surface area contributed by atoms with Gasteiger partial charge in [0.25, 0.3) is 5.91 Å². The Kier molecular flexibility index (Phi) is 5.53. The third kappa shape index (κ3) is 3.71. The van der Waals surface area contributed by atoms with Crippen molar-refractivity contribution in [1.82, 2.24) is 15.3 Å². The number of nitrogens with zero attached hydrogens (tertiary/aromatic N) is 2. The normalized spacial score (nSPS) is 18.7. The number of alkyl halides is 2. The number of carbonyl (C=O) groups is 1. The lowest BCUT2D eigenvalue weighted by Crippen LogP contribution is -2.54. The molecule has 0 spiro atoms. The van der Waals surface area contributed by atoms with Crippen molar-refractivity contribution < 1.29 is 13.9 Å². The Morgan fingerprint density at radius 3 is 2.50 bits per heavy atom. The number of halogens is 2. The van der Waals surface area contributed by atoms with Gasteiger partial charge >= 0.3 is 0 Å². The van der Waals surface area contributed by atoms with Gasteiger partial charge in [-0.2, -0.15) is 0 Å². The van der Waals surface area contributed by atoms with Gasteiger partial charge in [0.05, 0.1) is 0 Å². The minimum Gasteiger partial charge on any atom is -0.381 e. The summed E-state index contributed by atoms with van der Waals surface area (Å²) in [7, 11) is 0. The molecule has 1 unspecified atom stereocenters. The van der Waals surface area contributed by atoms with Crippen LogP contribution < -0.4 is 5.32 Å². The first-order chi connectivity index (χ1) is 12.4. The molecule has 0 radical (unpaired) electrons. The molecule has 5 nitrogen and oxygen atoms in total. The van der Waals surface area contributed by atoms with Crippen LogP contribution >= 0.6 is 11.6 Å². The standard InChI is InChI=1S/C19H21ClFN3O2/c1-14-22-11-16(12-23-14)19(20,18(21)7-9-26-10-8-18)13-24-17(25)15-5-3-2-4-6-15/h2-6,11-12H,7-10,13H2,1H3,(H,24,25). The predicted molar refractivity (Wildman–Crippen MR) is 97.0 cm³/mol. The van der Waals surface area contributed by atoms with Gasteiger partial charge in [-0.05, 0) is 19.1 Å². The molecule has 138 valence electrons. The molecule has 7 heteroatoms. The molecule has 1 saturated heterocycles. The van der Waals surface area contributed by atoms with E-state index in [2.05, 4.69) is 15.3 Å². The van der Waals surface area contributed by atoms with E-state index >= 15 is 4.39 Å². The van der Waals surface area contributed by atoms with Crippen LogP contribution in [0.1, 0.15) is 34.6 Å². The molecule has 2 heterocycles. The minimum atomic E-state index is -1.74. The van der Waals surface area contributed by atoms with Crippen LogP contribution in [0.25, 0.3) is 0 Å². The Balaban J connectivity index is 1.88. The molecule has 1 aliphatic rings. The van der Waals surface area contributed by atoms with Gasteiger partial charge in [0.15, 0.2) is 0 Å². The van der Waals surface area contributed by atoms with Crippen LogP contribution in [0.2, 0.25) is 0 Å². The molecule has 0 aliphatic carbocycles. The van der Waals surface area contributed by atoms with Crippen molar-refractivity contribution >= 4 is 17.5 Å². The molecule has 0 saturated carbocycles. The molecule has 1 fully saturated rings. The number of amides is 1. The number of hydrogen-bond donors (Lipinski definition) is 1. The van der Waals surface area contributed by atoms with Crippen LogP contribution in [0.3, 0.4) is 0 Å². The first kappa shape index (κ1) is 18.7. The maximum Gasteiger partial charge on any atom is 0.251 e. The fraction of sp³-hybridized carbons (Fsp3) is 0.421. The Morgan fingerprint density at radius 1 is 1.27 bits per heavy atom. The quantitative estimate of drug-likeness (QED) is 0.813. The SMILES string of the molecule is Cc1ncc(C(Cl)(CNC(=O)c2ccccc2)C2(F)CCOCC2)cn1. The van der Waals surface area contributed by atoms with Crippen LogP contribution in [0.15, 0.2) is 42.7 Å². The zero-order valence-corrected chi connectivity index (χ0v) is 15.3. The first-order valence-electron chi connectivity index (χ1n) is 8.53. The van der Waals surface area contributed by atoms with Gasteiger partial charge in [-0.1, -0.05) is 18.2 Å². The van der Waals surface area contributed by atoms with E-state index in [1.54, 1.807) is 31.2 Å². The number of ether oxygens (including phenoxy) is 1. The Morgan fingerprint density at radius 2 is 1.88 bits per heavy atom. The zero-order valence-electron chi connectivity index (χ0n) is 14.5. The van der Waals surface area contributed by atoms with Crippen molar-refractivity contribution in [2.24, 2.45) is 0 Å². The van der Waals surface area contributed by atoms with Gasteiger partial charge in [0.1, 0.15) is 16.4 Å². The number of aromatic nitrogens is 2. The summed E-state index contributed by atoms with van der Waals surface area (Å²) in [6, 6.07) is 8.75. The molecular weight excluding hydrogens is 357 g/mol. The van der Waals surface area contributed by atoms with Crippen LogP contribution in [0, 0.1) is 6.92 Å². The second kappa shape index (κ2) is 7.68. The number of rotatable bonds is 5. The van der Waals surface area contributed by atoms with Crippen LogP contribution in [-0.4, -0.2) is 41.3 Å². The molecule has 3 rings (SSSR count). The summed E-state index contributed by atoms with van der Waals surface area (Å²) in [6.45, 7) is 2.23. The highest BCUT2D eigenvalue weighted by Crippen LogP contribution is 2.47. The molecule has 1 aromatic carbocycles. The number of benzene rings is 1. The van der Waals surface area contributed by atoms with Gasteiger partial charge in [0, 0.05) is 56.1 Å². The summed E-state index contributed by atoms with van der Waals surface area (Å²) in [4.78, 5) is 19.2. The van der Waals surface area contributed by atoms with Crippen molar-refractivity contribution in [2.45, 2.75) is 30.3 Å². The fourth-order valence-corrected chi connectivity index (χ4v) is 3.45. The maximum atomic E-state index is 15.8. The fourth-order valence-electron chi connectivity index (χ4n) is 3.10. The smallest absolute Gasteiger partial charge is 0.251 e. The van der Waals surface area contributed by atoms with E-state index in [4.69, 9.17) is 16.3 Å². The molecule has 1 N–H and O–H groups in total. The summed E-state index contributed by atoms with van der Waals surface area (Å²) in [6.07, 6.45) is 3.35. The number of carbonyl (C=O) groups excluding carboxylic acids is 1. The molecular formula is C19H21ClFN3O2. The maximum absolute atomic E-state index is 15.8. The number of nitrogens with one attached hydrogen (secondary N) is 1. The van der Waals surface area contributed by atoms with Crippen LogP contribution in [0.4, 0.5) is 4.39 Å². The van der Waals surface area contributed by atoms with E-state index in [9.17, 15) is 4.79 Å². The lowest BCUT2D eigenvalue weighted by Gasteiger charge is -2.43. The highest BCUT2D eigenvalue weighted by molar-refractivity contribution is 6.25. The average molecular weight is 378 g/mol. The summed E-state index contributed by atoms with van der Waals surface area (Å²) in [5, 5.41) is 2.77. The van der Waals surface area contributed by atoms with Crippen molar-refractivity contribution in [2.75, 3.05) is 19.8 Å². The van der Waals surface area contributed by atoms with Crippen LogP contribution in [-0.2, 0) is 9.61 Å². The van der Waals surface area contributed by atoms with E-state index in [-0.39, 0.29) is 38.5 Å². The second-order valence-corrected chi connectivity index (χ2v) is 7.09. The molecule has 0 bridgehead atoms. The van der Waals surface area contributed by atoms with E-state index in [1.807, 2.05) is 6.07 Å². The average Bonchev–Trinajstić information content (AvgIpc) is 2.67. The Hall–Kier alpha value is -2.05. The largest absolute Gasteiger partial charge is 0.381 e. The van der Waals surface area contributed by atoms with Gasteiger partial charge in [0.2, 0.25) is 0 Å². The van der Waals surface area contributed by atoms with Crippen LogP contribution in [0.5, 0.6) is 0 Å². The van der Waals surface area contributed by atoms with Crippen molar-refractivity contribution in [3.63, 3.8) is 0 Å². The molecule has 1 aliphatic heterocycles. The zero-order chi connectivity index (χ0) is 18.6. The summed E-state index contributed by atoms with van der Waals surface area (Å²) in [5.41, 5.74) is -0.802. The highest BCUT2D eigenvalue weighted by atomic mass is 35.5. The third-order valence-electron chi connectivity index (χ3n) is 4.76. The first-order valence-corrected chi connectivity index (χ1v) is 8.90. The monoisotopic (exact) mass is 377 g/mol. The van der Waals surface area contributed by atoms with Gasteiger partial charge in [-0.25, -0.2) is 14.4 Å². The summed E-state index contributed by atoms with van der Waals surface area (Å²) in [5.74, 6) is 0.264. The minimum absolute atomic E-state index is 0.0782. The number of hydrogen-bond acceptors (Lipinski definition) is 4. The van der Waals surface area contributed by atoms with Crippen molar-refractivity contribution in [1.29, 1.82) is 0 Å². The van der Waals surface area contributed by atoms with Crippen molar-refractivity contribution in [3.8, 4) is 0 Å². The topological polar surface area (TPSA) is 64.1 Å². The summed E-state index contributed by atoms with van der Waals surface area (Å²) >= 11 is 6.84. The molecule has 26 heavy (non-hydrogen) atoms. The molecule has 1 amide bonds.